The van der Waals surface area contributed by atoms with E-state index in [4.69, 9.17) is 5.11 Å². The summed E-state index contributed by atoms with van der Waals surface area (Å²) in [4.78, 5) is 0. The molecule has 0 bridgehead atoms. The summed E-state index contributed by atoms with van der Waals surface area (Å²) in [6.45, 7) is 0.253. The van der Waals surface area contributed by atoms with Gasteiger partial charge in [-0.05, 0) is 30.8 Å². The van der Waals surface area contributed by atoms with Gasteiger partial charge in [-0.1, -0.05) is 0 Å². The van der Waals surface area contributed by atoms with Crippen LogP contribution in [0.5, 0.6) is 0 Å². The van der Waals surface area contributed by atoms with Crippen molar-refractivity contribution in [1.29, 1.82) is 0 Å². The second-order valence-corrected chi connectivity index (χ2v) is 4.00. The number of hydrogen-bond donors (Lipinski definition) is 3. The minimum absolute atomic E-state index is 0.253. The van der Waals surface area contributed by atoms with Crippen LogP contribution in [0.1, 0.15) is 19.3 Å². The van der Waals surface area contributed by atoms with Crippen molar-refractivity contribution in [3.05, 3.63) is 0 Å². The Morgan fingerprint density at radius 1 is 1.36 bits per heavy atom. The molecule has 0 heterocycles. The molecule has 1 atom stereocenters. The van der Waals surface area contributed by atoms with Crippen molar-refractivity contribution >= 4 is 24.4 Å². The lowest BCUT2D eigenvalue weighted by molar-refractivity contribution is 0.260. The van der Waals surface area contributed by atoms with E-state index in [0.717, 1.165) is 30.8 Å². The highest BCUT2D eigenvalue weighted by atomic mass is 32.2. The van der Waals surface area contributed by atoms with Crippen molar-refractivity contribution in [3.63, 3.8) is 0 Å². The lowest BCUT2D eigenvalue weighted by Gasteiger charge is -2.07. The SMILES string of the molecule is OCCCCSC(O)CCS. The second kappa shape index (κ2) is 8.71. The molecular formula is C7H16O2S2. The van der Waals surface area contributed by atoms with Crippen LogP contribution >= 0.6 is 24.4 Å². The summed E-state index contributed by atoms with van der Waals surface area (Å²) in [6.07, 6.45) is 2.55. The topological polar surface area (TPSA) is 40.5 Å². The minimum atomic E-state index is -0.272. The first-order chi connectivity index (χ1) is 5.31. The molecule has 0 saturated carbocycles. The van der Waals surface area contributed by atoms with E-state index < -0.39 is 0 Å². The summed E-state index contributed by atoms with van der Waals surface area (Å²) in [5.41, 5.74) is -0.272. The van der Waals surface area contributed by atoms with E-state index in [9.17, 15) is 5.11 Å². The number of rotatable bonds is 7. The van der Waals surface area contributed by atoms with Crippen LogP contribution in [0.25, 0.3) is 0 Å². The Morgan fingerprint density at radius 3 is 2.64 bits per heavy atom. The molecule has 0 saturated heterocycles. The van der Waals surface area contributed by atoms with E-state index in [1.165, 1.54) is 11.8 Å². The minimum Gasteiger partial charge on any atom is -0.396 e. The number of aliphatic hydroxyl groups is 2. The Hall–Kier alpha value is 0.620. The number of hydrogen-bond acceptors (Lipinski definition) is 4. The molecule has 68 valence electrons. The fourth-order valence-electron chi connectivity index (χ4n) is 0.627. The van der Waals surface area contributed by atoms with Crippen molar-refractivity contribution in [2.75, 3.05) is 18.1 Å². The quantitative estimate of drug-likeness (QED) is 0.325. The third-order valence-electron chi connectivity index (χ3n) is 1.24. The van der Waals surface area contributed by atoms with Crippen LogP contribution in [0.15, 0.2) is 0 Å². The third-order valence-corrected chi connectivity index (χ3v) is 2.64. The van der Waals surface area contributed by atoms with Gasteiger partial charge < -0.3 is 10.2 Å². The smallest absolute Gasteiger partial charge is 0.100 e. The van der Waals surface area contributed by atoms with Gasteiger partial charge in [0.1, 0.15) is 5.44 Å². The zero-order valence-electron chi connectivity index (χ0n) is 6.57. The van der Waals surface area contributed by atoms with Gasteiger partial charge in [-0.15, -0.1) is 11.8 Å². The van der Waals surface area contributed by atoms with E-state index in [1.54, 1.807) is 0 Å². The van der Waals surface area contributed by atoms with Crippen LogP contribution in [0.4, 0.5) is 0 Å². The van der Waals surface area contributed by atoms with E-state index in [-0.39, 0.29) is 12.0 Å². The number of aliphatic hydroxyl groups excluding tert-OH is 2. The highest BCUT2D eigenvalue weighted by Crippen LogP contribution is 2.13. The Morgan fingerprint density at radius 2 is 2.09 bits per heavy atom. The molecule has 0 amide bonds. The molecule has 0 aromatic heterocycles. The normalized spacial score (nSPS) is 13.4. The average Bonchev–Trinajstić information content (AvgIpc) is 1.99. The van der Waals surface area contributed by atoms with Gasteiger partial charge in [0.25, 0.3) is 0 Å². The summed E-state index contributed by atoms with van der Waals surface area (Å²) in [7, 11) is 0. The predicted molar refractivity (Wildman–Crippen MR) is 53.3 cm³/mol. The fourth-order valence-corrected chi connectivity index (χ4v) is 1.97. The average molecular weight is 196 g/mol. The molecule has 0 aromatic rings. The van der Waals surface area contributed by atoms with E-state index in [0.29, 0.717) is 0 Å². The largest absolute Gasteiger partial charge is 0.396 e. The molecule has 1 unspecified atom stereocenters. The van der Waals surface area contributed by atoms with Crippen LogP contribution in [0.3, 0.4) is 0 Å². The molecule has 2 nitrogen and oxygen atoms in total. The van der Waals surface area contributed by atoms with Crippen LogP contribution < -0.4 is 0 Å². The Labute approximate surface area is 77.8 Å². The molecule has 0 radical (unpaired) electrons. The lowest BCUT2D eigenvalue weighted by Crippen LogP contribution is -2.02. The van der Waals surface area contributed by atoms with E-state index >= 15 is 0 Å². The molecule has 0 aliphatic heterocycles. The first-order valence-electron chi connectivity index (χ1n) is 3.82. The molecule has 0 aromatic carbocycles. The Kier molecular flexibility index (Phi) is 9.21. The van der Waals surface area contributed by atoms with Crippen molar-refractivity contribution in [2.24, 2.45) is 0 Å². The highest BCUT2D eigenvalue weighted by molar-refractivity contribution is 7.99. The molecule has 0 rings (SSSR count). The van der Waals surface area contributed by atoms with Gasteiger partial charge in [0.2, 0.25) is 0 Å². The molecule has 2 N–H and O–H groups in total. The summed E-state index contributed by atoms with van der Waals surface area (Å²) in [6, 6.07) is 0. The van der Waals surface area contributed by atoms with Gasteiger partial charge in [-0.25, -0.2) is 0 Å². The molecule has 0 aliphatic carbocycles. The maximum absolute atomic E-state index is 9.20. The molecule has 0 fully saturated rings. The summed E-state index contributed by atoms with van der Waals surface area (Å²) < 4.78 is 0. The van der Waals surface area contributed by atoms with Crippen molar-refractivity contribution in [1.82, 2.24) is 0 Å². The van der Waals surface area contributed by atoms with Crippen molar-refractivity contribution in [3.8, 4) is 0 Å². The van der Waals surface area contributed by atoms with Gasteiger partial charge in [-0.3, -0.25) is 0 Å². The molecule has 0 spiro atoms. The predicted octanol–water partition coefficient (Wildman–Crippen LogP) is 1.13. The first-order valence-corrected chi connectivity index (χ1v) is 5.50. The standard InChI is InChI=1S/C7H16O2S2/c8-4-1-2-6-11-7(9)3-5-10/h7-10H,1-6H2. The van der Waals surface area contributed by atoms with Gasteiger partial charge in [0, 0.05) is 6.61 Å². The molecule has 4 heteroatoms. The zero-order chi connectivity index (χ0) is 8.53. The van der Waals surface area contributed by atoms with Crippen molar-refractivity contribution in [2.45, 2.75) is 24.7 Å². The third kappa shape index (κ3) is 8.53. The Bertz CT molecular complexity index is 80.8. The van der Waals surface area contributed by atoms with Gasteiger partial charge in [0.05, 0.1) is 0 Å². The number of thioether (sulfide) groups is 1. The molecule has 0 aliphatic rings. The van der Waals surface area contributed by atoms with Crippen LogP contribution in [-0.4, -0.2) is 33.8 Å². The number of unbranched alkanes of at least 4 members (excludes halogenated alkanes) is 1. The highest BCUT2D eigenvalue weighted by Gasteiger charge is 2.01. The molecule has 11 heavy (non-hydrogen) atoms. The van der Waals surface area contributed by atoms with Crippen LogP contribution in [0.2, 0.25) is 0 Å². The summed E-state index contributed by atoms with van der Waals surface area (Å²) >= 11 is 5.55. The van der Waals surface area contributed by atoms with E-state index in [1.807, 2.05) is 0 Å². The van der Waals surface area contributed by atoms with Crippen molar-refractivity contribution < 1.29 is 10.2 Å². The number of thiol groups is 1. The van der Waals surface area contributed by atoms with Gasteiger partial charge >= 0.3 is 0 Å². The zero-order valence-corrected chi connectivity index (χ0v) is 8.28. The maximum Gasteiger partial charge on any atom is 0.100 e. The van der Waals surface area contributed by atoms with Crippen LogP contribution in [-0.2, 0) is 0 Å². The monoisotopic (exact) mass is 196 g/mol. The van der Waals surface area contributed by atoms with Gasteiger partial charge in [-0.2, -0.15) is 12.6 Å². The van der Waals surface area contributed by atoms with Crippen LogP contribution in [0, 0.1) is 0 Å². The summed E-state index contributed by atoms with van der Waals surface area (Å²) in [5.74, 6) is 1.66. The molecular weight excluding hydrogens is 180 g/mol. The van der Waals surface area contributed by atoms with E-state index in [2.05, 4.69) is 12.6 Å². The van der Waals surface area contributed by atoms with Gasteiger partial charge in [0.15, 0.2) is 0 Å². The maximum atomic E-state index is 9.20. The fraction of sp³-hybridized carbons (Fsp3) is 1.00. The Balaban J connectivity index is 2.97. The first kappa shape index (κ1) is 11.6. The second-order valence-electron chi connectivity index (χ2n) is 2.27. The lowest BCUT2D eigenvalue weighted by atomic mass is 10.4. The summed E-state index contributed by atoms with van der Waals surface area (Å²) in [5, 5.41) is 17.7.